The summed E-state index contributed by atoms with van der Waals surface area (Å²) in [6.07, 6.45) is 0.988. The first kappa shape index (κ1) is 15.2. The second-order valence-electron chi connectivity index (χ2n) is 5.72. The molecule has 0 aliphatic carbocycles. The summed E-state index contributed by atoms with van der Waals surface area (Å²) in [7, 11) is 0. The second-order valence-corrected chi connectivity index (χ2v) is 7.01. The summed E-state index contributed by atoms with van der Waals surface area (Å²) in [5.41, 5.74) is 0.865. The zero-order chi connectivity index (χ0) is 13.9. The van der Waals surface area contributed by atoms with Crippen LogP contribution in [0.25, 0.3) is 0 Å². The predicted octanol–water partition coefficient (Wildman–Crippen LogP) is 3.22. The molecule has 1 N–H and O–H groups in total. The maximum atomic E-state index is 11.9. The Morgan fingerprint density at radius 1 is 1.44 bits per heavy atom. The Kier molecular flexibility index (Phi) is 4.96. The van der Waals surface area contributed by atoms with Gasteiger partial charge in [0.25, 0.3) is 5.91 Å². The van der Waals surface area contributed by atoms with Crippen LogP contribution in [0.1, 0.15) is 49.3 Å². The first-order chi connectivity index (χ1) is 8.19. The van der Waals surface area contributed by atoms with Crippen LogP contribution in [-0.2, 0) is 0 Å². The van der Waals surface area contributed by atoms with Gasteiger partial charge in [0.05, 0.1) is 5.69 Å². The molecule has 0 aliphatic heterocycles. The minimum absolute atomic E-state index is 0.202. The molecule has 1 unspecified atom stereocenters. The minimum Gasteiger partial charge on any atom is -0.436 e. The summed E-state index contributed by atoms with van der Waals surface area (Å²) in [4.78, 5) is 16.2. The number of aryl methyl sites for hydroxylation is 2. The Morgan fingerprint density at radius 2 is 2.06 bits per heavy atom. The van der Waals surface area contributed by atoms with E-state index in [4.69, 9.17) is 4.42 Å². The highest BCUT2D eigenvalue weighted by Gasteiger charge is 2.19. The van der Waals surface area contributed by atoms with Crippen molar-refractivity contribution in [2.45, 2.75) is 45.9 Å². The Labute approximate surface area is 117 Å². The molecule has 1 rings (SSSR count). The number of amides is 1. The van der Waals surface area contributed by atoms with E-state index in [0.717, 1.165) is 6.42 Å². The minimum atomic E-state index is -0.202. The van der Waals surface area contributed by atoms with Crippen molar-refractivity contribution in [1.29, 1.82) is 0 Å². The van der Waals surface area contributed by atoms with Crippen LogP contribution < -0.4 is 5.32 Å². The van der Waals surface area contributed by atoms with Gasteiger partial charge >= 0.3 is 0 Å². The van der Waals surface area contributed by atoms with Crippen molar-refractivity contribution in [1.82, 2.24) is 10.3 Å². The Bertz CT molecular complexity index is 421. The molecule has 1 atom stereocenters. The molecule has 0 aromatic carbocycles. The van der Waals surface area contributed by atoms with E-state index < -0.39 is 0 Å². The van der Waals surface area contributed by atoms with Crippen LogP contribution >= 0.6 is 15.9 Å². The third kappa shape index (κ3) is 4.80. The molecule has 0 fully saturated rings. The molecular formula is C13H21BrN2O2. The first-order valence-corrected chi connectivity index (χ1v) is 6.97. The summed E-state index contributed by atoms with van der Waals surface area (Å²) in [6, 6.07) is 0. The molecular weight excluding hydrogens is 296 g/mol. The van der Waals surface area contributed by atoms with Crippen LogP contribution in [0.15, 0.2) is 4.42 Å². The van der Waals surface area contributed by atoms with Gasteiger partial charge in [-0.25, -0.2) is 4.98 Å². The Morgan fingerprint density at radius 3 is 2.50 bits per heavy atom. The maximum Gasteiger partial charge on any atom is 0.289 e. The average Bonchev–Trinajstić information content (AvgIpc) is 2.52. The largest absolute Gasteiger partial charge is 0.436 e. The average molecular weight is 317 g/mol. The van der Waals surface area contributed by atoms with E-state index in [2.05, 4.69) is 47.0 Å². The SMILES string of the molecule is Cc1nc(C)c(C(=O)NCC(Br)CC(C)(C)C)o1. The summed E-state index contributed by atoms with van der Waals surface area (Å²) < 4.78 is 5.27. The van der Waals surface area contributed by atoms with Gasteiger partial charge in [-0.2, -0.15) is 0 Å². The lowest BCUT2D eigenvalue weighted by Gasteiger charge is -2.22. The normalized spacial score (nSPS) is 13.4. The van der Waals surface area contributed by atoms with Gasteiger partial charge in [0, 0.05) is 18.3 Å². The summed E-state index contributed by atoms with van der Waals surface area (Å²) in [6.45, 7) is 10.6. The molecule has 5 heteroatoms. The van der Waals surface area contributed by atoms with E-state index in [0.29, 0.717) is 23.9 Å². The van der Waals surface area contributed by atoms with Crippen molar-refractivity contribution in [2.24, 2.45) is 5.41 Å². The van der Waals surface area contributed by atoms with E-state index >= 15 is 0 Å². The summed E-state index contributed by atoms with van der Waals surface area (Å²) >= 11 is 3.58. The molecule has 1 aromatic rings. The van der Waals surface area contributed by atoms with Crippen molar-refractivity contribution in [3.8, 4) is 0 Å². The number of oxazole rings is 1. The molecule has 0 radical (unpaired) electrons. The Balaban J connectivity index is 2.49. The van der Waals surface area contributed by atoms with Crippen LogP contribution in [0.3, 0.4) is 0 Å². The fourth-order valence-electron chi connectivity index (χ4n) is 1.76. The van der Waals surface area contributed by atoms with Crippen LogP contribution in [0, 0.1) is 19.3 Å². The standard InChI is InChI=1S/C13H21BrN2O2/c1-8-11(18-9(2)16-8)12(17)15-7-10(14)6-13(3,4)5/h10H,6-7H2,1-5H3,(H,15,17). The maximum absolute atomic E-state index is 11.9. The Hall–Kier alpha value is -0.840. The van der Waals surface area contributed by atoms with E-state index in [1.54, 1.807) is 13.8 Å². The topological polar surface area (TPSA) is 55.1 Å². The van der Waals surface area contributed by atoms with E-state index in [1.165, 1.54) is 0 Å². The van der Waals surface area contributed by atoms with Gasteiger partial charge < -0.3 is 9.73 Å². The number of carbonyl (C=O) groups excluding carboxylic acids is 1. The monoisotopic (exact) mass is 316 g/mol. The lowest BCUT2D eigenvalue weighted by atomic mass is 9.90. The quantitative estimate of drug-likeness (QED) is 0.868. The molecule has 0 aliphatic rings. The van der Waals surface area contributed by atoms with Gasteiger partial charge in [0.1, 0.15) is 0 Å². The van der Waals surface area contributed by atoms with Crippen molar-refractivity contribution >= 4 is 21.8 Å². The number of nitrogens with one attached hydrogen (secondary N) is 1. The fourth-order valence-corrected chi connectivity index (χ4v) is 2.90. The van der Waals surface area contributed by atoms with E-state index in [1.807, 2.05) is 0 Å². The van der Waals surface area contributed by atoms with Crippen molar-refractivity contribution in [2.75, 3.05) is 6.54 Å². The molecule has 0 bridgehead atoms. The predicted molar refractivity (Wildman–Crippen MR) is 75.1 cm³/mol. The van der Waals surface area contributed by atoms with Gasteiger partial charge in [0.2, 0.25) is 5.76 Å². The molecule has 0 saturated heterocycles. The molecule has 0 spiro atoms. The van der Waals surface area contributed by atoms with Crippen LogP contribution in [0.5, 0.6) is 0 Å². The molecule has 102 valence electrons. The van der Waals surface area contributed by atoms with Gasteiger partial charge in [-0.15, -0.1) is 0 Å². The lowest BCUT2D eigenvalue weighted by Crippen LogP contribution is -2.31. The van der Waals surface area contributed by atoms with Gasteiger partial charge in [-0.3, -0.25) is 4.79 Å². The van der Waals surface area contributed by atoms with Crippen molar-refractivity contribution in [3.05, 3.63) is 17.3 Å². The molecule has 4 nitrogen and oxygen atoms in total. The number of alkyl halides is 1. The number of aromatic nitrogens is 1. The third-order valence-corrected chi connectivity index (χ3v) is 3.08. The summed E-state index contributed by atoms with van der Waals surface area (Å²) in [5.74, 6) is 0.622. The molecule has 1 aromatic heterocycles. The number of hydrogen-bond acceptors (Lipinski definition) is 3. The van der Waals surface area contributed by atoms with E-state index in [-0.39, 0.29) is 16.1 Å². The van der Waals surface area contributed by atoms with Crippen LogP contribution in [-0.4, -0.2) is 22.3 Å². The smallest absolute Gasteiger partial charge is 0.289 e. The fraction of sp³-hybridized carbons (Fsp3) is 0.692. The number of halogens is 1. The second kappa shape index (κ2) is 5.87. The highest BCUT2D eigenvalue weighted by atomic mass is 79.9. The highest BCUT2D eigenvalue weighted by molar-refractivity contribution is 9.09. The lowest BCUT2D eigenvalue weighted by molar-refractivity contribution is 0.0922. The highest BCUT2D eigenvalue weighted by Crippen LogP contribution is 2.24. The van der Waals surface area contributed by atoms with Crippen LogP contribution in [0.2, 0.25) is 0 Å². The van der Waals surface area contributed by atoms with Gasteiger partial charge in [-0.1, -0.05) is 36.7 Å². The number of hydrogen-bond donors (Lipinski definition) is 1. The zero-order valence-corrected chi connectivity index (χ0v) is 13.2. The van der Waals surface area contributed by atoms with Gasteiger partial charge in [-0.05, 0) is 18.8 Å². The number of carbonyl (C=O) groups is 1. The zero-order valence-electron chi connectivity index (χ0n) is 11.6. The van der Waals surface area contributed by atoms with Gasteiger partial charge in [0.15, 0.2) is 5.89 Å². The molecule has 1 heterocycles. The molecule has 0 saturated carbocycles. The molecule has 18 heavy (non-hydrogen) atoms. The van der Waals surface area contributed by atoms with Crippen molar-refractivity contribution < 1.29 is 9.21 Å². The number of nitrogens with zero attached hydrogens (tertiary/aromatic N) is 1. The van der Waals surface area contributed by atoms with Crippen LogP contribution in [0.4, 0.5) is 0 Å². The third-order valence-electron chi connectivity index (χ3n) is 2.43. The first-order valence-electron chi connectivity index (χ1n) is 6.05. The number of rotatable bonds is 4. The van der Waals surface area contributed by atoms with E-state index in [9.17, 15) is 4.79 Å². The van der Waals surface area contributed by atoms with Crippen molar-refractivity contribution in [3.63, 3.8) is 0 Å². The summed E-state index contributed by atoms with van der Waals surface area (Å²) in [5, 5.41) is 2.86. The molecule has 1 amide bonds.